The third-order valence-corrected chi connectivity index (χ3v) is 2.88. The maximum atomic E-state index is 2.35. The van der Waals surface area contributed by atoms with Gasteiger partial charge in [0.15, 0.2) is 0 Å². The molecule has 84 valence electrons. The van der Waals surface area contributed by atoms with Crippen LogP contribution in [0.4, 0.5) is 0 Å². The molecule has 15 heavy (non-hydrogen) atoms. The van der Waals surface area contributed by atoms with E-state index in [-0.39, 0.29) is 5.41 Å². The third-order valence-electron chi connectivity index (χ3n) is 2.88. The van der Waals surface area contributed by atoms with Gasteiger partial charge in [0.05, 0.1) is 0 Å². The number of rotatable bonds is 1. The Morgan fingerprint density at radius 2 is 1.53 bits per heavy atom. The van der Waals surface area contributed by atoms with Crippen LogP contribution in [0.15, 0.2) is 12.1 Å². The molecule has 1 aromatic rings. The van der Waals surface area contributed by atoms with Gasteiger partial charge in [-0.2, -0.15) is 0 Å². The summed E-state index contributed by atoms with van der Waals surface area (Å²) < 4.78 is 0. The van der Waals surface area contributed by atoms with Crippen LogP contribution in [-0.4, -0.2) is 0 Å². The minimum absolute atomic E-state index is 0.247. The third kappa shape index (κ3) is 2.62. The SMILES string of the molecule is Cc1cc(C)c(C(C)(C)C)c(C(C)C)c1. The fraction of sp³-hybridized carbons (Fsp3) is 0.600. The Labute approximate surface area is 94.7 Å². The lowest BCUT2D eigenvalue weighted by Crippen LogP contribution is -2.17. The van der Waals surface area contributed by atoms with Crippen molar-refractivity contribution >= 4 is 0 Å². The summed E-state index contributed by atoms with van der Waals surface area (Å²) in [4.78, 5) is 0. The molecule has 0 unspecified atom stereocenters. The zero-order valence-electron chi connectivity index (χ0n) is 11.2. The molecule has 0 aliphatic heterocycles. The molecule has 0 N–H and O–H groups in total. The van der Waals surface area contributed by atoms with E-state index in [2.05, 4.69) is 60.6 Å². The highest BCUT2D eigenvalue weighted by molar-refractivity contribution is 5.43. The number of benzene rings is 1. The topological polar surface area (TPSA) is 0 Å². The van der Waals surface area contributed by atoms with Crippen LogP contribution < -0.4 is 0 Å². The van der Waals surface area contributed by atoms with Gasteiger partial charge in [-0.05, 0) is 41.9 Å². The molecule has 0 aliphatic rings. The summed E-state index contributed by atoms with van der Waals surface area (Å²) >= 11 is 0. The van der Waals surface area contributed by atoms with E-state index >= 15 is 0 Å². The van der Waals surface area contributed by atoms with Crippen molar-refractivity contribution in [2.75, 3.05) is 0 Å². The van der Waals surface area contributed by atoms with Crippen LogP contribution in [0, 0.1) is 13.8 Å². The van der Waals surface area contributed by atoms with Crippen LogP contribution in [0.3, 0.4) is 0 Å². The van der Waals surface area contributed by atoms with E-state index in [0.29, 0.717) is 5.92 Å². The maximum absolute atomic E-state index is 2.35. The lowest BCUT2D eigenvalue weighted by atomic mass is 9.77. The van der Waals surface area contributed by atoms with Gasteiger partial charge in [0.1, 0.15) is 0 Å². The predicted octanol–water partition coefficient (Wildman–Crippen LogP) is 4.72. The molecule has 0 bridgehead atoms. The Kier molecular flexibility index (Phi) is 3.28. The van der Waals surface area contributed by atoms with Crippen LogP contribution in [0.25, 0.3) is 0 Å². The lowest BCUT2D eigenvalue weighted by molar-refractivity contribution is 0.572. The van der Waals surface area contributed by atoms with Crippen LogP contribution in [0.5, 0.6) is 0 Å². The molecule has 0 saturated carbocycles. The van der Waals surface area contributed by atoms with Crippen molar-refractivity contribution in [1.29, 1.82) is 0 Å². The first-order chi connectivity index (χ1) is 6.73. The van der Waals surface area contributed by atoms with Gasteiger partial charge in [-0.15, -0.1) is 0 Å². The molecule has 0 saturated heterocycles. The van der Waals surface area contributed by atoms with Crippen molar-refractivity contribution in [3.8, 4) is 0 Å². The Balaban J connectivity index is 3.48. The summed E-state index contributed by atoms with van der Waals surface area (Å²) in [5.41, 5.74) is 6.11. The summed E-state index contributed by atoms with van der Waals surface area (Å²) in [6.45, 7) is 15.9. The van der Waals surface area contributed by atoms with Gasteiger partial charge in [-0.1, -0.05) is 52.3 Å². The molecule has 0 spiro atoms. The standard InChI is InChI=1S/C15H24/c1-10(2)13-9-11(3)8-12(4)14(13)15(5,6)7/h8-10H,1-7H3. The largest absolute Gasteiger partial charge is 0.0587 e. The lowest BCUT2D eigenvalue weighted by Gasteiger charge is -2.27. The van der Waals surface area contributed by atoms with Gasteiger partial charge in [-0.25, -0.2) is 0 Å². The molecule has 0 fully saturated rings. The molecule has 0 aromatic heterocycles. The van der Waals surface area contributed by atoms with Gasteiger partial charge in [0.25, 0.3) is 0 Å². The summed E-state index contributed by atoms with van der Waals surface area (Å²) in [5, 5.41) is 0. The van der Waals surface area contributed by atoms with Crippen molar-refractivity contribution in [3.05, 3.63) is 34.4 Å². The van der Waals surface area contributed by atoms with Gasteiger partial charge >= 0.3 is 0 Å². The smallest absolute Gasteiger partial charge is 0.0126 e. The van der Waals surface area contributed by atoms with E-state index in [9.17, 15) is 0 Å². The molecule has 1 aromatic carbocycles. The molecule has 0 radical (unpaired) electrons. The van der Waals surface area contributed by atoms with Crippen LogP contribution in [-0.2, 0) is 5.41 Å². The van der Waals surface area contributed by atoms with E-state index < -0.39 is 0 Å². The zero-order valence-corrected chi connectivity index (χ0v) is 11.2. The molecular weight excluding hydrogens is 180 g/mol. The molecule has 0 nitrogen and oxygen atoms in total. The summed E-state index contributed by atoms with van der Waals surface area (Å²) in [6, 6.07) is 4.64. The second-order valence-electron chi connectivity index (χ2n) is 5.95. The molecule has 0 atom stereocenters. The minimum Gasteiger partial charge on any atom is -0.0587 e. The van der Waals surface area contributed by atoms with Crippen LogP contribution in [0.2, 0.25) is 0 Å². The Bertz CT molecular complexity index is 351. The van der Waals surface area contributed by atoms with Crippen molar-refractivity contribution < 1.29 is 0 Å². The first-order valence-electron chi connectivity index (χ1n) is 5.85. The highest BCUT2D eigenvalue weighted by Crippen LogP contribution is 2.33. The number of hydrogen-bond acceptors (Lipinski definition) is 0. The van der Waals surface area contributed by atoms with Crippen LogP contribution in [0.1, 0.15) is 62.8 Å². The van der Waals surface area contributed by atoms with Crippen molar-refractivity contribution in [1.82, 2.24) is 0 Å². The number of hydrogen-bond donors (Lipinski definition) is 0. The average Bonchev–Trinajstić information content (AvgIpc) is 1.99. The second-order valence-corrected chi connectivity index (χ2v) is 5.95. The van der Waals surface area contributed by atoms with E-state index in [1.165, 1.54) is 22.3 Å². The molecule has 1 rings (SSSR count). The molecule has 0 aliphatic carbocycles. The van der Waals surface area contributed by atoms with Crippen molar-refractivity contribution in [2.45, 2.75) is 59.8 Å². The highest BCUT2D eigenvalue weighted by Gasteiger charge is 2.21. The van der Waals surface area contributed by atoms with E-state index in [1.807, 2.05) is 0 Å². The quantitative estimate of drug-likeness (QED) is 0.620. The molecule has 0 heteroatoms. The Hall–Kier alpha value is -0.780. The minimum atomic E-state index is 0.247. The maximum Gasteiger partial charge on any atom is -0.0126 e. The predicted molar refractivity (Wildman–Crippen MR) is 68.7 cm³/mol. The van der Waals surface area contributed by atoms with Crippen LogP contribution >= 0.6 is 0 Å². The fourth-order valence-electron chi connectivity index (χ4n) is 2.48. The Morgan fingerprint density at radius 1 is 1.00 bits per heavy atom. The second kappa shape index (κ2) is 4.00. The van der Waals surface area contributed by atoms with E-state index in [4.69, 9.17) is 0 Å². The van der Waals surface area contributed by atoms with Crippen molar-refractivity contribution in [2.24, 2.45) is 0 Å². The summed E-state index contributed by atoms with van der Waals surface area (Å²) in [7, 11) is 0. The molecule has 0 heterocycles. The number of aryl methyl sites for hydroxylation is 2. The highest BCUT2D eigenvalue weighted by atomic mass is 14.3. The monoisotopic (exact) mass is 204 g/mol. The summed E-state index contributed by atoms with van der Waals surface area (Å²) in [5.74, 6) is 0.609. The van der Waals surface area contributed by atoms with Crippen molar-refractivity contribution in [3.63, 3.8) is 0 Å². The Morgan fingerprint density at radius 3 is 1.93 bits per heavy atom. The average molecular weight is 204 g/mol. The van der Waals surface area contributed by atoms with E-state index in [1.54, 1.807) is 0 Å². The van der Waals surface area contributed by atoms with Gasteiger partial charge in [-0.3, -0.25) is 0 Å². The molecule has 0 amide bonds. The first kappa shape index (κ1) is 12.3. The van der Waals surface area contributed by atoms with Gasteiger partial charge in [0.2, 0.25) is 0 Å². The summed E-state index contributed by atoms with van der Waals surface area (Å²) in [6.07, 6.45) is 0. The zero-order chi connectivity index (χ0) is 11.8. The first-order valence-corrected chi connectivity index (χ1v) is 5.85. The molecular formula is C15H24. The van der Waals surface area contributed by atoms with Gasteiger partial charge < -0.3 is 0 Å². The normalized spacial score (nSPS) is 12.3. The fourth-order valence-corrected chi connectivity index (χ4v) is 2.48. The van der Waals surface area contributed by atoms with E-state index in [0.717, 1.165) is 0 Å². The van der Waals surface area contributed by atoms with Gasteiger partial charge in [0, 0.05) is 0 Å².